The van der Waals surface area contributed by atoms with Crippen LogP contribution >= 0.6 is 27.5 Å². The Morgan fingerprint density at radius 3 is 2.26 bits per heavy atom. The highest BCUT2D eigenvalue weighted by atomic mass is 79.9. The van der Waals surface area contributed by atoms with Crippen molar-refractivity contribution >= 4 is 27.5 Å². The molecule has 2 aromatic carbocycles. The van der Waals surface area contributed by atoms with Gasteiger partial charge in [0, 0.05) is 5.56 Å². The number of rotatable bonds is 2. The van der Waals surface area contributed by atoms with Crippen LogP contribution in [0.15, 0.2) is 34.8 Å². The molecule has 4 heteroatoms. The Labute approximate surface area is 124 Å². The van der Waals surface area contributed by atoms with Crippen LogP contribution in [0.2, 0.25) is 0 Å². The summed E-state index contributed by atoms with van der Waals surface area (Å²) >= 11 is 9.53. The summed E-state index contributed by atoms with van der Waals surface area (Å²) in [5, 5.41) is -0.641. The molecule has 100 valence electrons. The first kappa shape index (κ1) is 14.5. The first-order valence-corrected chi connectivity index (χ1v) is 6.99. The molecule has 0 N–H and O–H groups in total. The molecule has 0 heterocycles. The highest BCUT2D eigenvalue weighted by molar-refractivity contribution is 9.10. The van der Waals surface area contributed by atoms with Gasteiger partial charge in [0.15, 0.2) is 0 Å². The highest BCUT2D eigenvalue weighted by Crippen LogP contribution is 2.36. The van der Waals surface area contributed by atoms with Gasteiger partial charge in [-0.2, -0.15) is 0 Å². The molecule has 0 nitrogen and oxygen atoms in total. The molecule has 0 aliphatic carbocycles. The van der Waals surface area contributed by atoms with Gasteiger partial charge in [0.25, 0.3) is 0 Å². The molecule has 0 amide bonds. The van der Waals surface area contributed by atoms with Crippen LogP contribution < -0.4 is 0 Å². The molecular weight excluding hydrogens is 334 g/mol. The fourth-order valence-corrected chi connectivity index (χ4v) is 3.09. The van der Waals surface area contributed by atoms with Crippen molar-refractivity contribution < 1.29 is 8.78 Å². The third-order valence-corrected chi connectivity index (χ3v) is 4.13. The first-order valence-electron chi connectivity index (χ1n) is 5.76. The lowest BCUT2D eigenvalue weighted by Gasteiger charge is -2.17. The van der Waals surface area contributed by atoms with Crippen molar-refractivity contribution in [2.75, 3.05) is 0 Å². The van der Waals surface area contributed by atoms with E-state index in [4.69, 9.17) is 11.6 Å². The second-order valence-corrected chi connectivity index (χ2v) is 5.75. The number of halogens is 4. The Hall–Kier alpha value is -0.930. The molecule has 0 aliphatic rings. The molecule has 2 rings (SSSR count). The van der Waals surface area contributed by atoms with E-state index in [0.29, 0.717) is 10.0 Å². The summed E-state index contributed by atoms with van der Waals surface area (Å²) in [5.74, 6) is -0.692. The van der Waals surface area contributed by atoms with Crippen LogP contribution in [0.4, 0.5) is 8.78 Å². The Kier molecular flexibility index (Phi) is 4.26. The smallest absolute Gasteiger partial charge is 0.142 e. The van der Waals surface area contributed by atoms with Crippen LogP contribution in [-0.4, -0.2) is 0 Å². The lowest BCUT2D eigenvalue weighted by molar-refractivity contribution is 0.604. The second-order valence-electron chi connectivity index (χ2n) is 4.46. The average Bonchev–Trinajstić information content (AvgIpc) is 2.31. The minimum atomic E-state index is -0.641. The zero-order valence-corrected chi connectivity index (χ0v) is 12.8. The van der Waals surface area contributed by atoms with Crippen LogP contribution in [0.3, 0.4) is 0 Å². The average molecular weight is 346 g/mol. The molecule has 19 heavy (non-hydrogen) atoms. The van der Waals surface area contributed by atoms with Crippen molar-refractivity contribution in [1.82, 2.24) is 0 Å². The van der Waals surface area contributed by atoms with Crippen molar-refractivity contribution in [2.24, 2.45) is 0 Å². The molecule has 0 bridgehead atoms. The molecule has 0 radical (unpaired) electrons. The van der Waals surface area contributed by atoms with E-state index >= 15 is 0 Å². The van der Waals surface area contributed by atoms with Gasteiger partial charge in [-0.1, -0.05) is 12.1 Å². The Morgan fingerprint density at radius 1 is 1.11 bits per heavy atom. The third-order valence-electron chi connectivity index (χ3n) is 3.07. The predicted octanol–water partition coefficient (Wildman–Crippen LogP) is 5.67. The van der Waals surface area contributed by atoms with Crippen molar-refractivity contribution in [3.8, 4) is 0 Å². The first-order chi connectivity index (χ1) is 8.91. The van der Waals surface area contributed by atoms with E-state index < -0.39 is 5.38 Å². The SMILES string of the molecule is Cc1cc(F)cc(C)c1C(Cl)c1cccc(Br)c1F. The number of hydrogen-bond donors (Lipinski definition) is 0. The zero-order valence-electron chi connectivity index (χ0n) is 10.5. The van der Waals surface area contributed by atoms with Gasteiger partial charge in [0.05, 0.1) is 9.85 Å². The Balaban J connectivity index is 2.56. The predicted molar refractivity (Wildman–Crippen MR) is 77.7 cm³/mol. The van der Waals surface area contributed by atoms with Crippen LogP contribution in [0.5, 0.6) is 0 Å². The van der Waals surface area contributed by atoms with Gasteiger partial charge >= 0.3 is 0 Å². The number of hydrogen-bond acceptors (Lipinski definition) is 0. The summed E-state index contributed by atoms with van der Waals surface area (Å²) in [6.07, 6.45) is 0. The van der Waals surface area contributed by atoms with Gasteiger partial charge in [0.2, 0.25) is 0 Å². The second kappa shape index (κ2) is 5.59. The Bertz CT molecular complexity index is 603. The molecule has 1 unspecified atom stereocenters. The molecule has 0 spiro atoms. The number of benzene rings is 2. The largest absolute Gasteiger partial charge is 0.207 e. The lowest BCUT2D eigenvalue weighted by Crippen LogP contribution is -2.03. The van der Waals surface area contributed by atoms with Gasteiger partial charge in [0.1, 0.15) is 11.6 Å². The minimum absolute atomic E-state index is 0.308. The molecule has 1 atom stereocenters. The van der Waals surface area contributed by atoms with Crippen LogP contribution in [0, 0.1) is 25.5 Å². The quantitative estimate of drug-likeness (QED) is 0.615. The van der Waals surface area contributed by atoms with Crippen LogP contribution in [0.25, 0.3) is 0 Å². The number of aryl methyl sites for hydroxylation is 2. The summed E-state index contributed by atoms with van der Waals surface area (Å²) in [5.41, 5.74) is 2.57. The van der Waals surface area contributed by atoms with Gasteiger partial charge in [-0.15, -0.1) is 11.6 Å². The summed E-state index contributed by atoms with van der Waals surface area (Å²) in [6, 6.07) is 7.81. The van der Waals surface area contributed by atoms with Crippen LogP contribution in [-0.2, 0) is 0 Å². The molecule has 0 saturated heterocycles. The number of alkyl halides is 1. The third kappa shape index (κ3) is 2.82. The van der Waals surface area contributed by atoms with Gasteiger partial charge < -0.3 is 0 Å². The summed E-state index contributed by atoms with van der Waals surface area (Å²) in [6.45, 7) is 3.55. The van der Waals surface area contributed by atoms with Gasteiger partial charge in [-0.3, -0.25) is 0 Å². The molecule has 0 saturated carbocycles. The van der Waals surface area contributed by atoms with E-state index in [1.165, 1.54) is 12.1 Å². The molecule has 0 aliphatic heterocycles. The van der Waals surface area contributed by atoms with E-state index in [-0.39, 0.29) is 11.6 Å². The normalized spacial score (nSPS) is 12.5. The summed E-state index contributed by atoms with van der Waals surface area (Å²) in [4.78, 5) is 0. The van der Waals surface area contributed by atoms with Gasteiger partial charge in [-0.05, 0) is 64.7 Å². The van der Waals surface area contributed by atoms with E-state index in [2.05, 4.69) is 15.9 Å². The van der Waals surface area contributed by atoms with E-state index in [0.717, 1.165) is 16.7 Å². The molecular formula is C15H12BrClF2. The molecule has 2 aromatic rings. The maximum absolute atomic E-state index is 14.1. The molecule has 0 fully saturated rings. The van der Waals surface area contributed by atoms with E-state index in [1.807, 2.05) is 0 Å². The fraction of sp³-hybridized carbons (Fsp3) is 0.200. The van der Waals surface area contributed by atoms with Gasteiger partial charge in [-0.25, -0.2) is 8.78 Å². The van der Waals surface area contributed by atoms with Crippen molar-refractivity contribution in [1.29, 1.82) is 0 Å². The fourth-order valence-electron chi connectivity index (χ4n) is 2.19. The highest BCUT2D eigenvalue weighted by Gasteiger charge is 2.20. The molecule has 0 aromatic heterocycles. The lowest BCUT2D eigenvalue weighted by atomic mass is 9.95. The topological polar surface area (TPSA) is 0 Å². The maximum atomic E-state index is 14.1. The van der Waals surface area contributed by atoms with Crippen molar-refractivity contribution in [2.45, 2.75) is 19.2 Å². The zero-order chi connectivity index (χ0) is 14.2. The van der Waals surface area contributed by atoms with E-state index in [1.54, 1.807) is 32.0 Å². The summed E-state index contributed by atoms with van der Waals surface area (Å²) in [7, 11) is 0. The summed E-state index contributed by atoms with van der Waals surface area (Å²) < 4.78 is 27.7. The van der Waals surface area contributed by atoms with E-state index in [9.17, 15) is 8.78 Å². The Morgan fingerprint density at radius 2 is 1.68 bits per heavy atom. The van der Waals surface area contributed by atoms with Crippen molar-refractivity contribution in [3.63, 3.8) is 0 Å². The van der Waals surface area contributed by atoms with Crippen molar-refractivity contribution in [3.05, 3.63) is 68.7 Å². The minimum Gasteiger partial charge on any atom is -0.207 e. The maximum Gasteiger partial charge on any atom is 0.142 e. The standard InChI is InChI=1S/C15H12BrClF2/c1-8-6-10(18)7-9(2)13(8)14(17)11-4-3-5-12(16)15(11)19/h3-7,14H,1-2H3. The van der Waals surface area contributed by atoms with Crippen LogP contribution in [0.1, 0.15) is 27.6 Å². The monoisotopic (exact) mass is 344 g/mol.